The lowest BCUT2D eigenvalue weighted by Gasteiger charge is -2.17. The van der Waals surface area contributed by atoms with Gasteiger partial charge < -0.3 is 5.32 Å². The van der Waals surface area contributed by atoms with E-state index < -0.39 is 23.7 Å². The zero-order valence-electron chi connectivity index (χ0n) is 10.9. The second-order valence-corrected chi connectivity index (χ2v) is 5.38. The van der Waals surface area contributed by atoms with Crippen LogP contribution in [0.4, 0.5) is 23.2 Å². The number of aromatic nitrogens is 1. The fourth-order valence-electron chi connectivity index (χ4n) is 1.82. The largest absolute Gasteiger partial charge is 0.433 e. The molecule has 1 aromatic heterocycles. The lowest BCUT2D eigenvalue weighted by molar-refractivity contribution is -0.141. The predicted molar refractivity (Wildman–Crippen MR) is 75.4 cm³/mol. The number of benzene rings is 1. The molecular weight excluding hydrogens is 352 g/mol. The average molecular weight is 363 g/mol. The molecule has 2 rings (SSSR count). The van der Waals surface area contributed by atoms with E-state index in [0.29, 0.717) is 11.3 Å². The van der Waals surface area contributed by atoms with Crippen molar-refractivity contribution in [2.24, 2.45) is 0 Å². The second kappa shape index (κ2) is 6.01. The molecule has 21 heavy (non-hydrogen) atoms. The molecule has 1 aromatic carbocycles. The van der Waals surface area contributed by atoms with Gasteiger partial charge in [0.05, 0.1) is 17.9 Å². The van der Waals surface area contributed by atoms with Crippen LogP contribution in [0.1, 0.15) is 24.2 Å². The summed E-state index contributed by atoms with van der Waals surface area (Å²) in [6, 6.07) is 6.24. The van der Waals surface area contributed by atoms with Gasteiger partial charge >= 0.3 is 6.18 Å². The van der Waals surface area contributed by atoms with Crippen LogP contribution in [0.15, 0.2) is 41.0 Å². The van der Waals surface area contributed by atoms with Crippen LogP contribution in [0.5, 0.6) is 0 Å². The molecule has 1 heterocycles. The summed E-state index contributed by atoms with van der Waals surface area (Å²) >= 11 is 3.25. The van der Waals surface area contributed by atoms with Crippen molar-refractivity contribution in [1.29, 1.82) is 0 Å². The standard InChI is InChI=1S/C14H11BrF4N2/c1-8(11-6-9(15)2-4-12(11)16)21-10-3-5-13(20-7-10)14(17,18)19/h2-8,21H,1H3. The molecule has 0 aliphatic heterocycles. The number of nitrogens with one attached hydrogen (secondary N) is 1. The Morgan fingerprint density at radius 1 is 1.19 bits per heavy atom. The van der Waals surface area contributed by atoms with Gasteiger partial charge in [-0.2, -0.15) is 13.2 Å². The van der Waals surface area contributed by atoms with E-state index in [1.165, 1.54) is 12.1 Å². The summed E-state index contributed by atoms with van der Waals surface area (Å²) in [7, 11) is 0. The Balaban J connectivity index is 2.16. The molecule has 1 atom stereocenters. The number of hydrogen-bond donors (Lipinski definition) is 1. The lowest BCUT2D eigenvalue weighted by Crippen LogP contribution is -2.11. The van der Waals surface area contributed by atoms with Crippen LogP contribution in [-0.2, 0) is 6.18 Å². The van der Waals surface area contributed by atoms with Crippen molar-refractivity contribution in [2.75, 3.05) is 5.32 Å². The molecule has 0 radical (unpaired) electrons. The topological polar surface area (TPSA) is 24.9 Å². The maximum absolute atomic E-state index is 13.7. The van der Waals surface area contributed by atoms with E-state index in [2.05, 4.69) is 26.2 Å². The number of halogens is 5. The minimum atomic E-state index is -4.47. The van der Waals surface area contributed by atoms with Crippen molar-refractivity contribution >= 4 is 21.6 Å². The Bertz CT molecular complexity index is 626. The zero-order valence-corrected chi connectivity index (χ0v) is 12.5. The monoisotopic (exact) mass is 362 g/mol. The van der Waals surface area contributed by atoms with E-state index >= 15 is 0 Å². The highest BCUT2D eigenvalue weighted by atomic mass is 79.9. The molecular formula is C14H11BrF4N2. The molecule has 0 saturated heterocycles. The van der Waals surface area contributed by atoms with Gasteiger partial charge in [0.15, 0.2) is 0 Å². The number of nitrogens with zero attached hydrogens (tertiary/aromatic N) is 1. The zero-order chi connectivity index (χ0) is 15.6. The quantitative estimate of drug-likeness (QED) is 0.761. The number of pyridine rings is 1. The van der Waals surface area contributed by atoms with Gasteiger partial charge in [0, 0.05) is 10.0 Å². The minimum absolute atomic E-state index is 0.384. The summed E-state index contributed by atoms with van der Waals surface area (Å²) in [6.45, 7) is 1.71. The van der Waals surface area contributed by atoms with E-state index in [9.17, 15) is 17.6 Å². The number of alkyl halides is 3. The Labute approximate surface area is 127 Å². The highest BCUT2D eigenvalue weighted by molar-refractivity contribution is 9.10. The van der Waals surface area contributed by atoms with Gasteiger partial charge in [-0.3, -0.25) is 0 Å². The average Bonchev–Trinajstić information content (AvgIpc) is 2.41. The molecule has 1 N–H and O–H groups in total. The first kappa shape index (κ1) is 15.8. The summed E-state index contributed by atoms with van der Waals surface area (Å²) in [6.07, 6.45) is -3.39. The van der Waals surface area contributed by atoms with E-state index in [1.807, 2.05) is 0 Å². The molecule has 2 aromatic rings. The molecule has 0 saturated carbocycles. The third-order valence-corrected chi connectivity index (χ3v) is 3.35. The highest BCUT2D eigenvalue weighted by Crippen LogP contribution is 2.29. The lowest BCUT2D eigenvalue weighted by atomic mass is 10.1. The summed E-state index contributed by atoms with van der Waals surface area (Å²) in [4.78, 5) is 3.35. The molecule has 0 fully saturated rings. The highest BCUT2D eigenvalue weighted by Gasteiger charge is 2.32. The van der Waals surface area contributed by atoms with Crippen LogP contribution in [-0.4, -0.2) is 4.98 Å². The SMILES string of the molecule is CC(Nc1ccc(C(F)(F)F)nc1)c1cc(Br)ccc1F. The molecule has 0 spiro atoms. The Morgan fingerprint density at radius 2 is 1.90 bits per heavy atom. The van der Waals surface area contributed by atoms with Crippen LogP contribution < -0.4 is 5.32 Å². The first-order valence-corrected chi connectivity index (χ1v) is 6.81. The van der Waals surface area contributed by atoms with Crippen LogP contribution in [0.25, 0.3) is 0 Å². The van der Waals surface area contributed by atoms with Crippen molar-refractivity contribution in [3.8, 4) is 0 Å². The predicted octanol–water partition coefficient (Wildman–Crippen LogP) is 5.18. The Hall–Kier alpha value is -1.63. The van der Waals surface area contributed by atoms with Crippen molar-refractivity contribution < 1.29 is 17.6 Å². The maximum atomic E-state index is 13.7. The first-order chi connectivity index (χ1) is 9.77. The van der Waals surface area contributed by atoms with E-state index in [4.69, 9.17) is 0 Å². The minimum Gasteiger partial charge on any atom is -0.377 e. The van der Waals surface area contributed by atoms with E-state index in [0.717, 1.165) is 16.7 Å². The second-order valence-electron chi connectivity index (χ2n) is 4.46. The van der Waals surface area contributed by atoms with Crippen molar-refractivity contribution in [1.82, 2.24) is 4.98 Å². The third kappa shape index (κ3) is 3.93. The normalized spacial score (nSPS) is 13.0. The van der Waals surface area contributed by atoms with Gasteiger partial charge in [-0.15, -0.1) is 0 Å². The van der Waals surface area contributed by atoms with E-state index in [1.54, 1.807) is 19.1 Å². The molecule has 0 aliphatic rings. The molecule has 7 heteroatoms. The number of anilines is 1. The third-order valence-electron chi connectivity index (χ3n) is 2.86. The first-order valence-electron chi connectivity index (χ1n) is 6.02. The molecule has 2 nitrogen and oxygen atoms in total. The molecule has 0 bridgehead atoms. The smallest absolute Gasteiger partial charge is 0.377 e. The molecule has 112 valence electrons. The van der Waals surface area contributed by atoms with Gasteiger partial charge in [-0.25, -0.2) is 9.37 Å². The fourth-order valence-corrected chi connectivity index (χ4v) is 2.20. The summed E-state index contributed by atoms with van der Waals surface area (Å²) in [5, 5.41) is 2.91. The Morgan fingerprint density at radius 3 is 2.48 bits per heavy atom. The molecule has 0 aliphatic carbocycles. The van der Waals surface area contributed by atoms with Gasteiger partial charge in [0.25, 0.3) is 0 Å². The van der Waals surface area contributed by atoms with Gasteiger partial charge in [0.1, 0.15) is 11.5 Å². The maximum Gasteiger partial charge on any atom is 0.433 e. The van der Waals surface area contributed by atoms with Crippen molar-refractivity contribution in [2.45, 2.75) is 19.1 Å². The summed E-state index contributed by atoms with van der Waals surface area (Å²) < 4.78 is 51.7. The van der Waals surface area contributed by atoms with Crippen LogP contribution in [0.3, 0.4) is 0 Å². The van der Waals surface area contributed by atoms with Crippen LogP contribution in [0, 0.1) is 5.82 Å². The van der Waals surface area contributed by atoms with Crippen molar-refractivity contribution in [3.05, 3.63) is 58.1 Å². The fraction of sp³-hybridized carbons (Fsp3) is 0.214. The van der Waals surface area contributed by atoms with Crippen LogP contribution in [0.2, 0.25) is 0 Å². The van der Waals surface area contributed by atoms with Crippen molar-refractivity contribution in [3.63, 3.8) is 0 Å². The van der Waals surface area contributed by atoms with Gasteiger partial charge in [-0.05, 0) is 37.3 Å². The number of rotatable bonds is 3. The van der Waals surface area contributed by atoms with Gasteiger partial charge in [-0.1, -0.05) is 15.9 Å². The number of hydrogen-bond acceptors (Lipinski definition) is 2. The van der Waals surface area contributed by atoms with Crippen LogP contribution >= 0.6 is 15.9 Å². The molecule has 0 amide bonds. The molecule has 1 unspecified atom stereocenters. The van der Waals surface area contributed by atoms with Gasteiger partial charge in [0.2, 0.25) is 0 Å². The van der Waals surface area contributed by atoms with E-state index in [-0.39, 0.29) is 0 Å². The Kier molecular flexibility index (Phi) is 4.51. The summed E-state index contributed by atoms with van der Waals surface area (Å²) in [5.74, 6) is -0.391. The summed E-state index contributed by atoms with van der Waals surface area (Å²) in [5.41, 5.74) is -0.173.